The van der Waals surface area contributed by atoms with Gasteiger partial charge in [-0.1, -0.05) is 0 Å². The van der Waals surface area contributed by atoms with Gasteiger partial charge in [0.1, 0.15) is 109 Å². The number of aromatic nitrogens is 12. The Morgan fingerprint density at radius 1 is 0.546 bits per heavy atom. The van der Waals surface area contributed by atoms with Gasteiger partial charge >= 0.3 is 40.9 Å². The molecule has 108 heavy (non-hydrogen) atoms. The molecular formula is C59H88N15O31P3. The molecule has 15 atom stereocenters. The second kappa shape index (κ2) is 35.4. The first kappa shape index (κ1) is 86.3. The Morgan fingerprint density at radius 3 is 1.38 bits per heavy atom. The van der Waals surface area contributed by atoms with Gasteiger partial charge in [-0.2, -0.15) is 4.90 Å². The number of anilines is 3. The fourth-order valence-electron chi connectivity index (χ4n) is 11.1. The lowest BCUT2D eigenvalue weighted by Crippen LogP contribution is -2.44. The van der Waals surface area contributed by atoms with Gasteiger partial charge in [0, 0.05) is 14.2 Å². The third kappa shape index (κ3) is 19.5. The summed E-state index contributed by atoms with van der Waals surface area (Å²) in [7, 11) is -10.9. The van der Waals surface area contributed by atoms with Gasteiger partial charge in [0.25, 0.3) is 5.85 Å². The Bertz CT molecular complexity index is 4240. The quantitative estimate of drug-likeness (QED) is 0.0183. The molecule has 0 spiro atoms. The minimum atomic E-state index is -5.02. The fourth-order valence-corrected chi connectivity index (χ4v) is 14.8. The summed E-state index contributed by atoms with van der Waals surface area (Å²) in [5.74, 6) is -9.76. The number of nitrogens with zero attached hydrogens (tertiary/aromatic N) is 13. The molecule has 4 fully saturated rings. The van der Waals surface area contributed by atoms with Gasteiger partial charge in [-0.25, -0.2) is 59.2 Å². The highest BCUT2D eigenvalue weighted by Gasteiger charge is 2.58. The van der Waals surface area contributed by atoms with Crippen LogP contribution in [0.4, 0.5) is 27.0 Å². The van der Waals surface area contributed by atoms with Crippen molar-refractivity contribution in [1.82, 2.24) is 58.6 Å². The number of ketones is 2. The summed E-state index contributed by atoms with van der Waals surface area (Å²) in [6.07, 6.45) is -8.28. The molecule has 4 aliphatic heterocycles. The van der Waals surface area contributed by atoms with Crippen LogP contribution in [0.25, 0.3) is 33.5 Å². The highest BCUT2D eigenvalue weighted by Crippen LogP contribution is 2.55. The first-order chi connectivity index (χ1) is 50.7. The number of ether oxygens (including phenoxy) is 11. The van der Waals surface area contributed by atoms with Crippen LogP contribution in [-0.2, 0) is 98.3 Å². The molecule has 0 aliphatic carbocycles. The zero-order valence-corrected chi connectivity index (χ0v) is 63.2. The standard InChI is InChI=1S/C29H44N5O13P.C17H26N5O9P.C13H18N5O9P/c1-12-41-23(35)24(48(38,39-10)40-11)42-13-16-18-19(45-29(8,9)44-18)22(43-16)33-15-32-17-20(33)30-14-31-21(17)34(25(36)46-27(2,3)4)26(37)47-28(5,6)7;1-3-29-32(27,30-4-2)17(9(24)5-23)28-6-10-12(25)13(26)16(31-10)22-8-21-11-14(18)19-7-20-15(11)22;14-10-7-11(16-3-15-10)18(4-17-7)12-9(22)8(21)6(27-12)2-26-13(5(20)1-19)28(23,24)25/h14-16,18-19,22,24H,12-13H2,1-11H3;7-8,10,12-13,16-17,23,25-26H,3-6H2,1-2H3,(H2,18,19,20);3-4,6,8-9,12-13,19,21-22H,1-2H2,(H2,14,15,16)(H2,23,24,25)/t16-,18-,19-,22-,24?;10-,12-,13-,16-,17?;6-,8-,9-,12-,13?/m111/s1. The maximum Gasteiger partial charge on any atom is 0.425 e. The summed E-state index contributed by atoms with van der Waals surface area (Å²) < 4.78 is 124. The molecule has 2 amide bonds. The number of fused-ring (bicyclic) bond motifs is 4. The molecule has 600 valence electrons. The lowest BCUT2D eigenvalue weighted by molar-refractivity contribution is -0.203. The van der Waals surface area contributed by atoms with Crippen molar-refractivity contribution in [2.45, 2.75) is 184 Å². The Hall–Kier alpha value is -7.31. The second-order valence-corrected chi connectivity index (χ2v) is 32.1. The van der Waals surface area contributed by atoms with Crippen LogP contribution in [0.1, 0.15) is 94.8 Å². The zero-order chi connectivity index (χ0) is 79.9. The largest absolute Gasteiger partial charge is 0.464 e. The minimum absolute atomic E-state index is 0.000790. The number of amides is 2. The highest BCUT2D eigenvalue weighted by atomic mass is 31.2. The van der Waals surface area contributed by atoms with Crippen LogP contribution in [0.15, 0.2) is 38.0 Å². The lowest BCUT2D eigenvalue weighted by atomic mass is 10.1. The van der Waals surface area contributed by atoms with E-state index in [0.29, 0.717) is 10.4 Å². The Kier molecular flexibility index (Phi) is 28.3. The number of hydrogen-bond acceptors (Lipinski definition) is 40. The second-order valence-electron chi connectivity index (χ2n) is 26.1. The number of rotatable bonds is 28. The minimum Gasteiger partial charge on any atom is -0.464 e. The number of imide groups is 1. The summed E-state index contributed by atoms with van der Waals surface area (Å²) in [6, 6.07) is 0. The Balaban J connectivity index is 0.000000214. The van der Waals surface area contributed by atoms with Crippen LogP contribution >= 0.6 is 22.8 Å². The predicted molar refractivity (Wildman–Crippen MR) is 364 cm³/mol. The fraction of sp³-hybridized carbons (Fsp3) is 0.661. The first-order valence-corrected chi connectivity index (χ1v) is 37.8. The monoisotopic (exact) mass is 1600 g/mol. The highest BCUT2D eigenvalue weighted by molar-refractivity contribution is 7.56. The van der Waals surface area contributed by atoms with Gasteiger partial charge in [0.05, 0.1) is 58.6 Å². The van der Waals surface area contributed by atoms with Gasteiger partial charge in [-0.3, -0.25) is 37.0 Å². The number of nitrogens with two attached hydrogens (primary N) is 2. The van der Waals surface area contributed by atoms with Gasteiger partial charge in [0.15, 0.2) is 75.9 Å². The third-order valence-corrected chi connectivity index (χ3v) is 21.0. The van der Waals surface area contributed by atoms with E-state index >= 15 is 0 Å². The zero-order valence-electron chi connectivity index (χ0n) is 60.6. The van der Waals surface area contributed by atoms with Crippen molar-refractivity contribution in [3.63, 3.8) is 0 Å². The lowest BCUT2D eigenvalue weighted by Gasteiger charge is -2.28. The molecule has 12 N–H and O–H groups in total. The number of Topliss-reactive ketones (excluding diaryl/α,β-unsaturated/α-hetero) is 2. The number of carbonyl (C=O) groups is 5. The molecule has 4 saturated heterocycles. The van der Waals surface area contributed by atoms with E-state index in [9.17, 15) is 73.0 Å². The van der Waals surface area contributed by atoms with E-state index in [1.165, 1.54) is 45.3 Å². The normalized spacial score (nSPS) is 24.5. The molecule has 0 aromatic carbocycles. The maximum absolute atomic E-state index is 13.3. The van der Waals surface area contributed by atoms with Crippen molar-refractivity contribution in [1.29, 1.82) is 0 Å². The van der Waals surface area contributed by atoms with Crippen LogP contribution < -0.4 is 16.4 Å². The molecule has 6 aromatic heterocycles. The number of aliphatic hydroxyl groups is 6. The smallest absolute Gasteiger partial charge is 0.425 e. The summed E-state index contributed by atoms with van der Waals surface area (Å²) in [4.78, 5) is 119. The number of carbonyl (C=O) groups excluding carboxylic acids is 5. The summed E-state index contributed by atoms with van der Waals surface area (Å²) in [6.45, 7) is 14.5. The number of aliphatic hydroxyl groups excluding tert-OH is 6. The summed E-state index contributed by atoms with van der Waals surface area (Å²) in [5, 5.41) is 59.5. The van der Waals surface area contributed by atoms with Crippen LogP contribution in [-0.4, -0.2) is 285 Å². The van der Waals surface area contributed by atoms with Crippen molar-refractivity contribution in [3.05, 3.63) is 38.0 Å². The average Bonchev–Trinajstić information content (AvgIpc) is 1.57. The number of hydrogen-bond donors (Lipinski definition) is 10. The molecule has 49 heteroatoms. The predicted octanol–water partition coefficient (Wildman–Crippen LogP) is 0.620. The van der Waals surface area contributed by atoms with E-state index in [1.807, 2.05) is 0 Å². The maximum atomic E-state index is 13.3. The van der Waals surface area contributed by atoms with Crippen molar-refractivity contribution >= 4 is 103 Å². The Labute approximate surface area is 614 Å². The third-order valence-electron chi connectivity index (χ3n) is 15.7. The van der Waals surface area contributed by atoms with Gasteiger partial charge < -0.3 is 122 Å². The molecule has 0 bridgehead atoms. The van der Waals surface area contributed by atoms with E-state index in [4.69, 9.17) is 86.8 Å². The Morgan fingerprint density at radius 2 is 0.944 bits per heavy atom. The molecule has 6 aromatic rings. The number of imidazole rings is 3. The van der Waals surface area contributed by atoms with Crippen LogP contribution in [0.2, 0.25) is 0 Å². The van der Waals surface area contributed by atoms with Crippen LogP contribution in [0, 0.1) is 0 Å². The van der Waals surface area contributed by atoms with Gasteiger partial charge in [-0.05, 0) is 76.2 Å². The summed E-state index contributed by atoms with van der Waals surface area (Å²) in [5.41, 5.74) is 10.8. The molecule has 10 rings (SSSR count). The molecule has 3 unspecified atom stereocenters. The number of esters is 1. The van der Waals surface area contributed by atoms with Gasteiger partial charge in [-0.15, -0.1) is 0 Å². The first-order valence-electron chi connectivity index (χ1n) is 32.9. The van der Waals surface area contributed by atoms with Crippen molar-refractivity contribution in [2.75, 3.05) is 83.4 Å². The molecule has 10 heterocycles. The van der Waals surface area contributed by atoms with Gasteiger partial charge in [0.2, 0.25) is 11.7 Å². The molecule has 0 radical (unpaired) electrons. The molecule has 4 aliphatic rings. The topological polar surface area (TPSA) is 623 Å². The van der Waals surface area contributed by atoms with E-state index in [2.05, 4.69) is 44.9 Å². The summed E-state index contributed by atoms with van der Waals surface area (Å²) >= 11 is 0. The molecule has 0 saturated carbocycles. The van der Waals surface area contributed by atoms with Crippen LogP contribution in [0.3, 0.4) is 0 Å². The average molecular weight is 1600 g/mol. The SMILES string of the molecule is CCOC(=O)C(OC[C@H]1O[C@@H](n2cnc3c(N(C(=O)OC(C)(C)C)C(=O)OC(C)(C)C)ncnc32)[C@@H]2OC(C)(C)O[C@@H]21)P(=O)(OC)OC.CCOP(=O)(OCC)C(OC[C@H]1O[C@@H](n2cnc3c(N)ncnc32)[C@H](O)[C@@H]1O)C(=O)CO.Nc1ncnc2c1ncn2[C@@H]1O[C@H](COC(C(=O)CO)P(=O)(O)O)[C@@H](O)[C@H]1O. The van der Waals surface area contributed by atoms with Crippen molar-refractivity contribution < 1.29 is 148 Å². The van der Waals surface area contributed by atoms with E-state index < -0.39 is 187 Å². The van der Waals surface area contributed by atoms with Crippen LogP contribution in [0.5, 0.6) is 0 Å². The van der Waals surface area contributed by atoms with E-state index in [0.717, 1.165) is 20.5 Å². The number of nitrogen functional groups attached to an aromatic ring is 2. The molecular weight excluding hydrogens is 1510 g/mol. The molecule has 46 nitrogen and oxygen atoms in total. The van der Waals surface area contributed by atoms with Crippen molar-refractivity contribution in [2.24, 2.45) is 0 Å². The van der Waals surface area contributed by atoms with E-state index in [-0.39, 0.29) is 71.9 Å². The van der Waals surface area contributed by atoms with E-state index in [1.54, 1.807) is 76.2 Å². The van der Waals surface area contributed by atoms with Crippen molar-refractivity contribution in [3.8, 4) is 0 Å².